The average molecular weight is 405 g/mol. The molecule has 0 saturated heterocycles. The van der Waals surface area contributed by atoms with Gasteiger partial charge in [0.05, 0.1) is 31.4 Å². The van der Waals surface area contributed by atoms with Crippen LogP contribution in [0.15, 0.2) is 36.4 Å². The number of nitrogens with one attached hydrogen (secondary N) is 1. The molecule has 2 aliphatic carbocycles. The van der Waals surface area contributed by atoms with Gasteiger partial charge >= 0.3 is 11.9 Å². The van der Waals surface area contributed by atoms with Gasteiger partial charge in [-0.1, -0.05) is 18.2 Å². The van der Waals surface area contributed by atoms with Crippen LogP contribution in [0.2, 0.25) is 0 Å². The third-order valence-electron chi connectivity index (χ3n) is 7.55. The minimum absolute atomic E-state index is 0.163. The molecule has 2 aromatic carbocycles. The van der Waals surface area contributed by atoms with Gasteiger partial charge in [0.25, 0.3) is 0 Å². The van der Waals surface area contributed by atoms with Crippen LogP contribution in [0.1, 0.15) is 68.6 Å². The maximum Gasteiger partial charge on any atom is 0.338 e. The number of rotatable bonds is 3. The Morgan fingerprint density at radius 2 is 1.63 bits per heavy atom. The molecule has 3 aliphatic rings. The van der Waals surface area contributed by atoms with Gasteiger partial charge in [-0.3, -0.25) is 0 Å². The molecular weight excluding hydrogens is 378 g/mol. The molecule has 1 N–H and O–H groups in total. The Morgan fingerprint density at radius 1 is 0.933 bits per heavy atom. The largest absolute Gasteiger partial charge is 0.465 e. The third-order valence-corrected chi connectivity index (χ3v) is 7.55. The Kier molecular flexibility index (Phi) is 4.57. The molecule has 2 bridgehead atoms. The number of hydrogen-bond donors (Lipinski definition) is 1. The fourth-order valence-electron chi connectivity index (χ4n) is 6.30. The molecule has 0 aromatic heterocycles. The summed E-state index contributed by atoms with van der Waals surface area (Å²) in [6, 6.07) is 11.9. The van der Waals surface area contributed by atoms with Gasteiger partial charge in [0.2, 0.25) is 0 Å². The van der Waals surface area contributed by atoms with Crippen molar-refractivity contribution in [3.63, 3.8) is 0 Å². The zero-order chi connectivity index (χ0) is 21.0. The highest BCUT2D eigenvalue weighted by atomic mass is 16.5. The first-order chi connectivity index (χ1) is 14.5. The number of aryl methyl sites for hydroxylation is 1. The SMILES string of the molecule is COC(=O)c1ccc(C2Nc3c(C)ccc(C(=O)OC)c3C3C4CCC(C4)C23)cc1. The van der Waals surface area contributed by atoms with Gasteiger partial charge < -0.3 is 14.8 Å². The molecule has 2 fully saturated rings. The molecule has 5 heteroatoms. The number of carbonyl (C=O) groups is 2. The smallest absolute Gasteiger partial charge is 0.338 e. The Labute approximate surface area is 176 Å². The monoisotopic (exact) mass is 405 g/mol. The molecule has 5 rings (SSSR count). The van der Waals surface area contributed by atoms with Crippen LogP contribution < -0.4 is 5.32 Å². The number of ether oxygens (including phenoxy) is 2. The van der Waals surface area contributed by atoms with Gasteiger partial charge in [-0.15, -0.1) is 0 Å². The summed E-state index contributed by atoms with van der Waals surface area (Å²) in [4.78, 5) is 24.4. The maximum atomic E-state index is 12.6. The van der Waals surface area contributed by atoms with E-state index in [-0.39, 0.29) is 18.0 Å². The topological polar surface area (TPSA) is 64.6 Å². The van der Waals surface area contributed by atoms with Crippen molar-refractivity contribution >= 4 is 17.6 Å². The van der Waals surface area contributed by atoms with Gasteiger partial charge in [0, 0.05) is 5.69 Å². The van der Waals surface area contributed by atoms with Crippen molar-refractivity contribution < 1.29 is 19.1 Å². The number of anilines is 1. The zero-order valence-electron chi connectivity index (χ0n) is 17.6. The third kappa shape index (κ3) is 2.75. The second kappa shape index (κ2) is 7.15. The first-order valence-corrected chi connectivity index (χ1v) is 10.7. The molecular formula is C25H27NO4. The molecule has 1 heterocycles. The van der Waals surface area contributed by atoms with Gasteiger partial charge in [-0.25, -0.2) is 9.59 Å². The molecule has 1 aliphatic heterocycles. The number of benzene rings is 2. The average Bonchev–Trinajstić information content (AvgIpc) is 3.41. The van der Waals surface area contributed by atoms with Crippen LogP contribution in [-0.2, 0) is 9.47 Å². The van der Waals surface area contributed by atoms with E-state index in [1.165, 1.54) is 39.0 Å². The van der Waals surface area contributed by atoms with E-state index in [1.807, 2.05) is 36.4 Å². The van der Waals surface area contributed by atoms with Crippen LogP contribution in [0, 0.1) is 24.7 Å². The van der Waals surface area contributed by atoms with E-state index in [0.717, 1.165) is 16.8 Å². The quantitative estimate of drug-likeness (QED) is 0.739. The molecule has 2 saturated carbocycles. The van der Waals surface area contributed by atoms with E-state index >= 15 is 0 Å². The lowest BCUT2D eigenvalue weighted by Crippen LogP contribution is -2.37. The van der Waals surface area contributed by atoms with Crippen LogP contribution in [0.3, 0.4) is 0 Å². The van der Waals surface area contributed by atoms with E-state index < -0.39 is 0 Å². The predicted molar refractivity (Wildman–Crippen MR) is 114 cm³/mol. The molecule has 0 spiro atoms. The number of fused-ring (bicyclic) bond motifs is 7. The minimum atomic E-state index is -0.320. The van der Waals surface area contributed by atoms with Crippen molar-refractivity contribution in [3.05, 3.63) is 64.2 Å². The zero-order valence-corrected chi connectivity index (χ0v) is 17.6. The Hall–Kier alpha value is -2.82. The lowest BCUT2D eigenvalue weighted by atomic mass is 9.66. The van der Waals surface area contributed by atoms with Gasteiger partial charge in [0.1, 0.15) is 0 Å². The van der Waals surface area contributed by atoms with Gasteiger partial charge in [0.15, 0.2) is 0 Å². The van der Waals surface area contributed by atoms with Crippen LogP contribution in [-0.4, -0.2) is 26.2 Å². The normalized spacial score (nSPS) is 28.3. The fraction of sp³-hybridized carbons (Fsp3) is 0.440. The lowest BCUT2D eigenvalue weighted by Gasteiger charge is -2.44. The number of methoxy groups -OCH3 is 2. The van der Waals surface area contributed by atoms with E-state index in [9.17, 15) is 9.59 Å². The molecule has 2 aromatic rings. The molecule has 0 radical (unpaired) electrons. The van der Waals surface area contributed by atoms with E-state index in [2.05, 4.69) is 12.2 Å². The predicted octanol–water partition coefficient (Wildman–Crippen LogP) is 4.86. The summed E-state index contributed by atoms with van der Waals surface area (Å²) in [6.07, 6.45) is 3.70. The molecule has 5 unspecified atom stereocenters. The molecule has 0 amide bonds. The molecule has 30 heavy (non-hydrogen) atoms. The van der Waals surface area contributed by atoms with Crippen molar-refractivity contribution in [2.45, 2.75) is 38.1 Å². The summed E-state index contributed by atoms with van der Waals surface area (Å²) < 4.78 is 9.96. The first-order valence-electron chi connectivity index (χ1n) is 10.7. The summed E-state index contributed by atoms with van der Waals surface area (Å²) in [7, 11) is 2.85. The summed E-state index contributed by atoms with van der Waals surface area (Å²) >= 11 is 0. The van der Waals surface area contributed by atoms with E-state index in [0.29, 0.717) is 34.8 Å². The highest BCUT2D eigenvalue weighted by Gasteiger charge is 2.55. The van der Waals surface area contributed by atoms with Crippen LogP contribution >= 0.6 is 0 Å². The van der Waals surface area contributed by atoms with Crippen molar-refractivity contribution in [2.24, 2.45) is 17.8 Å². The van der Waals surface area contributed by atoms with E-state index in [1.54, 1.807) is 0 Å². The number of esters is 2. The van der Waals surface area contributed by atoms with Crippen molar-refractivity contribution in [2.75, 3.05) is 19.5 Å². The van der Waals surface area contributed by atoms with Crippen molar-refractivity contribution in [3.8, 4) is 0 Å². The van der Waals surface area contributed by atoms with Gasteiger partial charge in [-0.05, 0) is 84.7 Å². The lowest BCUT2D eigenvalue weighted by molar-refractivity contribution is 0.0590. The maximum absolute atomic E-state index is 12.6. The van der Waals surface area contributed by atoms with Crippen molar-refractivity contribution in [1.29, 1.82) is 0 Å². The second-order valence-electron chi connectivity index (χ2n) is 8.88. The van der Waals surface area contributed by atoms with Gasteiger partial charge in [-0.2, -0.15) is 0 Å². The highest BCUT2D eigenvalue weighted by molar-refractivity contribution is 5.94. The summed E-state index contributed by atoms with van der Waals surface area (Å²) in [6.45, 7) is 2.10. The highest BCUT2D eigenvalue weighted by Crippen LogP contribution is 2.64. The molecule has 5 nitrogen and oxygen atoms in total. The summed E-state index contributed by atoms with van der Waals surface area (Å²) in [5.74, 6) is 1.49. The molecule has 5 atom stereocenters. The summed E-state index contributed by atoms with van der Waals surface area (Å²) in [5, 5.41) is 3.80. The number of carbonyl (C=O) groups excluding carboxylic acids is 2. The number of hydrogen-bond acceptors (Lipinski definition) is 5. The Morgan fingerprint density at radius 3 is 2.33 bits per heavy atom. The van der Waals surface area contributed by atoms with Crippen LogP contribution in [0.5, 0.6) is 0 Å². The first kappa shape index (κ1) is 19.2. The summed E-state index contributed by atoms with van der Waals surface area (Å²) in [5.41, 5.74) is 5.82. The standard InChI is InChI=1S/C25H27NO4/c1-13-4-11-18(25(28)30-3)21-19-16-9-10-17(12-16)20(19)23(26-22(13)21)14-5-7-15(8-6-14)24(27)29-2/h4-8,11,16-17,19-20,23,26H,9-10,12H2,1-3H3. The fourth-order valence-corrected chi connectivity index (χ4v) is 6.30. The Bertz CT molecular complexity index is 1010. The Balaban J connectivity index is 1.62. The molecule has 156 valence electrons. The van der Waals surface area contributed by atoms with Crippen LogP contribution in [0.25, 0.3) is 0 Å². The van der Waals surface area contributed by atoms with Crippen molar-refractivity contribution in [1.82, 2.24) is 0 Å². The van der Waals surface area contributed by atoms with Crippen LogP contribution in [0.4, 0.5) is 5.69 Å². The minimum Gasteiger partial charge on any atom is -0.465 e. The second-order valence-corrected chi connectivity index (χ2v) is 8.88. The van der Waals surface area contributed by atoms with E-state index in [4.69, 9.17) is 9.47 Å².